The summed E-state index contributed by atoms with van der Waals surface area (Å²) in [5.41, 5.74) is 1.14. The van der Waals surface area contributed by atoms with Crippen LogP contribution in [0.1, 0.15) is 37.8 Å². The first kappa shape index (κ1) is 14.0. The van der Waals surface area contributed by atoms with Gasteiger partial charge in [0.1, 0.15) is 5.54 Å². The Bertz CT molecular complexity index is 491. The van der Waals surface area contributed by atoms with Crippen LogP contribution >= 0.6 is 0 Å². The average Bonchev–Trinajstić information content (AvgIpc) is 2.32. The number of benzene rings is 1. The van der Waals surface area contributed by atoms with Crippen LogP contribution in [0.25, 0.3) is 0 Å². The molecule has 96 valence electrons. The largest absolute Gasteiger partial charge is 0.480 e. The molecule has 0 radical (unpaired) electrons. The first-order chi connectivity index (χ1) is 8.42. The molecule has 0 fully saturated rings. The molecule has 2 N–H and O–H groups in total. The number of rotatable bonds is 5. The first-order valence-electron chi connectivity index (χ1n) is 5.95. The summed E-state index contributed by atoms with van der Waals surface area (Å²) in [7, 11) is 0. The second-order valence-electron chi connectivity index (χ2n) is 4.65. The van der Waals surface area contributed by atoms with E-state index >= 15 is 0 Å². The van der Waals surface area contributed by atoms with E-state index < -0.39 is 11.5 Å². The highest BCUT2D eigenvalue weighted by Gasteiger charge is 2.32. The number of carboxylic acids is 1. The van der Waals surface area contributed by atoms with Gasteiger partial charge in [-0.3, -0.25) is 0 Å². The van der Waals surface area contributed by atoms with Crippen LogP contribution in [0.4, 0.5) is 5.69 Å². The molecule has 0 saturated carbocycles. The summed E-state index contributed by atoms with van der Waals surface area (Å²) in [6.45, 7) is 5.50. The van der Waals surface area contributed by atoms with E-state index in [0.717, 1.165) is 12.0 Å². The van der Waals surface area contributed by atoms with Crippen molar-refractivity contribution in [3.63, 3.8) is 0 Å². The number of hydrogen-bond acceptors (Lipinski definition) is 3. The zero-order chi connectivity index (χ0) is 13.8. The minimum atomic E-state index is -1.01. The Kier molecular flexibility index (Phi) is 4.33. The van der Waals surface area contributed by atoms with Crippen LogP contribution in [-0.2, 0) is 4.79 Å². The second-order valence-corrected chi connectivity index (χ2v) is 4.65. The lowest BCUT2D eigenvalue weighted by Gasteiger charge is -2.28. The molecule has 0 bridgehead atoms. The molecule has 0 heterocycles. The Morgan fingerprint density at radius 1 is 1.56 bits per heavy atom. The fourth-order valence-corrected chi connectivity index (χ4v) is 1.85. The molecule has 0 aromatic heterocycles. The molecule has 4 heteroatoms. The van der Waals surface area contributed by atoms with E-state index in [0.29, 0.717) is 17.7 Å². The van der Waals surface area contributed by atoms with E-state index in [-0.39, 0.29) is 0 Å². The number of nitrogens with one attached hydrogen (secondary N) is 1. The third-order valence-electron chi connectivity index (χ3n) is 3.00. The lowest BCUT2D eigenvalue weighted by Crippen LogP contribution is -2.43. The van der Waals surface area contributed by atoms with Gasteiger partial charge in [0.15, 0.2) is 0 Å². The van der Waals surface area contributed by atoms with Gasteiger partial charge >= 0.3 is 5.97 Å². The molecule has 4 nitrogen and oxygen atoms in total. The van der Waals surface area contributed by atoms with Crippen LogP contribution in [0.5, 0.6) is 0 Å². The molecule has 1 aromatic carbocycles. The van der Waals surface area contributed by atoms with Crippen LogP contribution in [0.15, 0.2) is 18.2 Å². The molecule has 0 saturated heterocycles. The molecule has 0 aliphatic carbocycles. The quantitative estimate of drug-likeness (QED) is 0.837. The zero-order valence-corrected chi connectivity index (χ0v) is 10.9. The Labute approximate surface area is 107 Å². The highest BCUT2D eigenvalue weighted by molar-refractivity contribution is 5.82. The monoisotopic (exact) mass is 246 g/mol. The number of aryl methyl sites for hydroxylation is 1. The molecule has 0 amide bonds. The Balaban J connectivity index is 3.08. The highest BCUT2D eigenvalue weighted by atomic mass is 16.4. The normalized spacial score (nSPS) is 13.4. The molecule has 0 aliphatic rings. The van der Waals surface area contributed by atoms with Crippen molar-refractivity contribution in [3.05, 3.63) is 29.3 Å². The van der Waals surface area contributed by atoms with Crippen molar-refractivity contribution >= 4 is 11.7 Å². The number of carbonyl (C=O) groups is 1. The van der Waals surface area contributed by atoms with E-state index in [1.165, 1.54) is 0 Å². The molecule has 0 aliphatic heterocycles. The maximum Gasteiger partial charge on any atom is 0.329 e. The molecule has 18 heavy (non-hydrogen) atoms. The van der Waals surface area contributed by atoms with Crippen LogP contribution in [0, 0.1) is 18.3 Å². The number of aliphatic carboxylic acids is 1. The van der Waals surface area contributed by atoms with Gasteiger partial charge in [-0.1, -0.05) is 19.4 Å². The van der Waals surface area contributed by atoms with E-state index in [1.54, 1.807) is 19.1 Å². The Morgan fingerprint density at radius 3 is 2.72 bits per heavy atom. The van der Waals surface area contributed by atoms with Crippen molar-refractivity contribution in [2.75, 3.05) is 5.32 Å². The van der Waals surface area contributed by atoms with E-state index in [1.807, 2.05) is 19.9 Å². The second kappa shape index (κ2) is 5.54. The summed E-state index contributed by atoms with van der Waals surface area (Å²) in [6, 6.07) is 7.28. The zero-order valence-electron chi connectivity index (χ0n) is 10.9. The Hall–Kier alpha value is -2.02. The lowest BCUT2D eigenvalue weighted by molar-refractivity contribution is -0.141. The van der Waals surface area contributed by atoms with E-state index in [2.05, 4.69) is 11.4 Å². The summed E-state index contributed by atoms with van der Waals surface area (Å²) in [5.74, 6) is -0.883. The van der Waals surface area contributed by atoms with E-state index in [9.17, 15) is 9.90 Å². The number of nitriles is 1. The van der Waals surface area contributed by atoms with Gasteiger partial charge in [-0.15, -0.1) is 0 Å². The van der Waals surface area contributed by atoms with Crippen molar-refractivity contribution < 1.29 is 9.90 Å². The average molecular weight is 246 g/mol. The van der Waals surface area contributed by atoms with Gasteiger partial charge in [0.25, 0.3) is 0 Å². The summed E-state index contributed by atoms with van der Waals surface area (Å²) in [6.07, 6.45) is 1.30. The smallest absolute Gasteiger partial charge is 0.329 e. The molecule has 1 rings (SSSR count). The molecule has 1 atom stereocenters. The molecule has 0 spiro atoms. The standard InChI is InChI=1S/C14H18N2O2/c1-4-7-14(3,13(17)18)16-12-8-11(9-15)6-5-10(12)2/h5-6,8,16H,4,7H2,1-3H3,(H,17,18). The van der Waals surface area contributed by atoms with Gasteiger partial charge in [0.05, 0.1) is 11.6 Å². The molecule has 1 unspecified atom stereocenters. The highest BCUT2D eigenvalue weighted by Crippen LogP contribution is 2.24. The van der Waals surface area contributed by atoms with Gasteiger partial charge in [0, 0.05) is 5.69 Å². The van der Waals surface area contributed by atoms with Crippen LogP contribution in [-0.4, -0.2) is 16.6 Å². The summed E-state index contributed by atoms with van der Waals surface area (Å²) < 4.78 is 0. The third-order valence-corrected chi connectivity index (χ3v) is 3.00. The van der Waals surface area contributed by atoms with Crippen LogP contribution in [0.3, 0.4) is 0 Å². The molecule has 1 aromatic rings. The van der Waals surface area contributed by atoms with Crippen LogP contribution in [0.2, 0.25) is 0 Å². The van der Waals surface area contributed by atoms with Crippen molar-refractivity contribution in [2.45, 2.75) is 39.2 Å². The fourth-order valence-electron chi connectivity index (χ4n) is 1.85. The van der Waals surface area contributed by atoms with E-state index in [4.69, 9.17) is 5.26 Å². The molecular weight excluding hydrogens is 228 g/mol. The third kappa shape index (κ3) is 3.01. The van der Waals surface area contributed by atoms with Crippen LogP contribution < -0.4 is 5.32 Å². The molecular formula is C14H18N2O2. The summed E-state index contributed by atoms with van der Waals surface area (Å²) in [5, 5.41) is 21.2. The number of anilines is 1. The van der Waals surface area contributed by atoms with Crippen molar-refractivity contribution in [1.29, 1.82) is 5.26 Å². The summed E-state index contributed by atoms with van der Waals surface area (Å²) in [4.78, 5) is 11.4. The fraction of sp³-hybridized carbons (Fsp3) is 0.429. The number of carboxylic acid groups (broad SMARTS) is 1. The number of hydrogen-bond donors (Lipinski definition) is 2. The van der Waals surface area contributed by atoms with Crippen molar-refractivity contribution in [1.82, 2.24) is 0 Å². The maximum atomic E-state index is 11.4. The predicted molar refractivity (Wildman–Crippen MR) is 70.5 cm³/mol. The SMILES string of the molecule is CCCC(C)(Nc1cc(C#N)ccc1C)C(=O)O. The Morgan fingerprint density at radius 2 is 2.22 bits per heavy atom. The minimum Gasteiger partial charge on any atom is -0.480 e. The van der Waals surface area contributed by atoms with Gasteiger partial charge in [0.2, 0.25) is 0 Å². The maximum absolute atomic E-state index is 11.4. The minimum absolute atomic E-state index is 0.521. The summed E-state index contributed by atoms with van der Waals surface area (Å²) >= 11 is 0. The van der Waals surface area contributed by atoms with Crippen molar-refractivity contribution in [3.8, 4) is 6.07 Å². The lowest BCUT2D eigenvalue weighted by atomic mass is 9.95. The van der Waals surface area contributed by atoms with Gasteiger partial charge in [-0.05, 0) is 38.0 Å². The van der Waals surface area contributed by atoms with Gasteiger partial charge in [-0.25, -0.2) is 4.79 Å². The van der Waals surface area contributed by atoms with Gasteiger partial charge < -0.3 is 10.4 Å². The predicted octanol–water partition coefficient (Wildman–Crippen LogP) is 2.92. The topological polar surface area (TPSA) is 73.1 Å². The van der Waals surface area contributed by atoms with Gasteiger partial charge in [-0.2, -0.15) is 5.26 Å². The first-order valence-corrected chi connectivity index (χ1v) is 5.95. The van der Waals surface area contributed by atoms with Crippen molar-refractivity contribution in [2.24, 2.45) is 0 Å². The number of nitrogens with zero attached hydrogens (tertiary/aromatic N) is 1.